The van der Waals surface area contributed by atoms with Gasteiger partial charge in [0.25, 0.3) is 0 Å². The average molecular weight is 284 g/mol. The minimum absolute atomic E-state index is 0.482. The summed E-state index contributed by atoms with van der Waals surface area (Å²) in [5.41, 5.74) is 8.09. The van der Waals surface area contributed by atoms with E-state index in [2.05, 4.69) is 20.9 Å². The van der Waals surface area contributed by atoms with Crippen molar-refractivity contribution < 1.29 is 0 Å². The van der Waals surface area contributed by atoms with E-state index in [1.54, 1.807) is 12.3 Å². The van der Waals surface area contributed by atoms with Crippen molar-refractivity contribution in [3.8, 4) is 11.3 Å². The average Bonchev–Trinajstić information content (AvgIpc) is 2.23. The van der Waals surface area contributed by atoms with E-state index in [0.29, 0.717) is 10.7 Å². The number of benzene rings is 1. The Hall–Kier alpha value is -1.06. The van der Waals surface area contributed by atoms with Gasteiger partial charge in [0.1, 0.15) is 0 Å². The summed E-state index contributed by atoms with van der Waals surface area (Å²) in [7, 11) is 0. The number of nitrogens with two attached hydrogens (primary N) is 1. The number of hydrogen-bond donors (Lipinski definition) is 1. The number of rotatable bonds is 1. The number of hydrogen-bond acceptors (Lipinski definition) is 2. The quantitative estimate of drug-likeness (QED) is 0.866. The van der Waals surface area contributed by atoms with Gasteiger partial charge < -0.3 is 5.73 Å². The fourth-order valence-electron chi connectivity index (χ4n) is 1.23. The molecule has 1 aromatic heterocycles. The zero-order chi connectivity index (χ0) is 10.8. The van der Waals surface area contributed by atoms with Crippen LogP contribution in [0, 0.1) is 0 Å². The van der Waals surface area contributed by atoms with Gasteiger partial charge in [-0.15, -0.1) is 0 Å². The number of halogens is 2. The van der Waals surface area contributed by atoms with Crippen LogP contribution in [-0.4, -0.2) is 4.98 Å². The van der Waals surface area contributed by atoms with Crippen molar-refractivity contribution >= 4 is 33.2 Å². The van der Waals surface area contributed by atoms with Gasteiger partial charge >= 0.3 is 0 Å². The van der Waals surface area contributed by atoms with E-state index in [1.165, 1.54) is 0 Å². The van der Waals surface area contributed by atoms with Crippen LogP contribution in [0.15, 0.2) is 41.0 Å². The third-order valence-corrected chi connectivity index (χ3v) is 2.87. The molecule has 0 atom stereocenters. The lowest BCUT2D eigenvalue weighted by Gasteiger charge is -2.03. The highest BCUT2D eigenvalue weighted by Crippen LogP contribution is 2.25. The van der Waals surface area contributed by atoms with Crippen LogP contribution >= 0.6 is 27.5 Å². The molecule has 0 saturated carbocycles. The lowest BCUT2D eigenvalue weighted by atomic mass is 10.1. The smallest absolute Gasteiger partial charge is 0.0819 e. The Kier molecular flexibility index (Phi) is 2.93. The molecular formula is C11H8BrClN2. The third kappa shape index (κ3) is 2.30. The molecule has 0 aliphatic rings. The molecule has 0 amide bonds. The van der Waals surface area contributed by atoms with Crippen LogP contribution in [-0.2, 0) is 0 Å². The molecule has 4 heteroatoms. The normalized spacial score (nSPS) is 10.3. The lowest BCUT2D eigenvalue weighted by Crippen LogP contribution is -1.90. The van der Waals surface area contributed by atoms with Gasteiger partial charge in [-0.3, -0.25) is 4.98 Å². The van der Waals surface area contributed by atoms with E-state index < -0.39 is 0 Å². The van der Waals surface area contributed by atoms with Crippen molar-refractivity contribution in [3.63, 3.8) is 0 Å². The summed E-state index contributed by atoms with van der Waals surface area (Å²) < 4.78 is 1.04. The van der Waals surface area contributed by atoms with Crippen molar-refractivity contribution in [2.24, 2.45) is 0 Å². The summed E-state index contributed by atoms with van der Waals surface area (Å²) in [6.07, 6.45) is 1.56. The van der Waals surface area contributed by atoms with Crippen molar-refractivity contribution in [1.29, 1.82) is 0 Å². The molecule has 0 radical (unpaired) electrons. The van der Waals surface area contributed by atoms with Crippen LogP contribution < -0.4 is 5.73 Å². The summed E-state index contributed by atoms with van der Waals surface area (Å²) in [5, 5.41) is 0.482. The number of aromatic nitrogens is 1. The molecule has 2 nitrogen and oxygen atoms in total. The standard InChI is InChI=1S/C11H8BrClN2/c12-8-3-1-7(2-4-8)11-5-10(14)9(13)6-15-11/h1-6H,(H2,14,15). The molecule has 2 N–H and O–H groups in total. The van der Waals surface area contributed by atoms with E-state index in [-0.39, 0.29) is 0 Å². The number of nitrogen functional groups attached to an aromatic ring is 1. The summed E-state index contributed by atoms with van der Waals surface area (Å²) in [4.78, 5) is 4.21. The maximum atomic E-state index is 5.80. The van der Waals surface area contributed by atoms with Gasteiger partial charge in [0, 0.05) is 16.2 Å². The largest absolute Gasteiger partial charge is 0.397 e. The summed E-state index contributed by atoms with van der Waals surface area (Å²) in [5.74, 6) is 0. The van der Waals surface area contributed by atoms with Crippen LogP contribution in [0.5, 0.6) is 0 Å². The molecule has 0 unspecified atom stereocenters. The van der Waals surface area contributed by atoms with E-state index in [9.17, 15) is 0 Å². The summed E-state index contributed by atoms with van der Waals surface area (Å²) in [6, 6.07) is 9.63. The van der Waals surface area contributed by atoms with Crippen molar-refractivity contribution in [1.82, 2.24) is 4.98 Å². The van der Waals surface area contributed by atoms with Crippen LogP contribution in [0.1, 0.15) is 0 Å². The van der Waals surface area contributed by atoms with Gasteiger partial charge in [-0.05, 0) is 18.2 Å². The first-order valence-electron chi connectivity index (χ1n) is 4.34. The number of pyridine rings is 1. The molecule has 15 heavy (non-hydrogen) atoms. The topological polar surface area (TPSA) is 38.9 Å². The molecule has 0 saturated heterocycles. The van der Waals surface area contributed by atoms with Gasteiger partial charge in [0.15, 0.2) is 0 Å². The lowest BCUT2D eigenvalue weighted by molar-refractivity contribution is 1.33. The maximum absolute atomic E-state index is 5.80. The van der Waals surface area contributed by atoms with Gasteiger partial charge in [-0.2, -0.15) is 0 Å². The molecule has 0 aliphatic carbocycles. The number of nitrogens with zero attached hydrogens (tertiary/aromatic N) is 1. The van der Waals surface area contributed by atoms with Crippen LogP contribution in [0.25, 0.3) is 11.3 Å². The second-order valence-electron chi connectivity index (χ2n) is 3.10. The van der Waals surface area contributed by atoms with Crippen LogP contribution in [0.3, 0.4) is 0 Å². The second-order valence-corrected chi connectivity index (χ2v) is 4.42. The van der Waals surface area contributed by atoms with Gasteiger partial charge in [0.05, 0.1) is 16.4 Å². The third-order valence-electron chi connectivity index (χ3n) is 2.02. The van der Waals surface area contributed by atoms with Crippen molar-refractivity contribution in [3.05, 3.63) is 46.0 Å². The molecule has 2 rings (SSSR count). The first-order chi connectivity index (χ1) is 7.16. The SMILES string of the molecule is Nc1cc(-c2ccc(Br)cc2)ncc1Cl. The Labute approximate surface area is 101 Å². The second kappa shape index (κ2) is 4.21. The fraction of sp³-hybridized carbons (Fsp3) is 0. The molecule has 1 aromatic carbocycles. The molecule has 0 aliphatic heterocycles. The molecule has 1 heterocycles. The van der Waals surface area contributed by atoms with Crippen molar-refractivity contribution in [2.45, 2.75) is 0 Å². The molecule has 76 valence electrons. The van der Waals surface area contributed by atoms with Crippen LogP contribution in [0.2, 0.25) is 5.02 Å². The zero-order valence-electron chi connectivity index (χ0n) is 7.74. The predicted octanol–water partition coefficient (Wildman–Crippen LogP) is 3.75. The van der Waals surface area contributed by atoms with Crippen molar-refractivity contribution in [2.75, 3.05) is 5.73 Å². The highest BCUT2D eigenvalue weighted by atomic mass is 79.9. The molecule has 0 bridgehead atoms. The Bertz CT molecular complexity index is 482. The Balaban J connectivity index is 2.45. The fourth-order valence-corrected chi connectivity index (χ4v) is 1.60. The van der Waals surface area contributed by atoms with Crippen LogP contribution in [0.4, 0.5) is 5.69 Å². The van der Waals surface area contributed by atoms with E-state index in [0.717, 1.165) is 15.7 Å². The maximum Gasteiger partial charge on any atom is 0.0819 e. The Morgan fingerprint density at radius 3 is 2.47 bits per heavy atom. The minimum Gasteiger partial charge on any atom is -0.397 e. The van der Waals surface area contributed by atoms with Gasteiger partial charge in [-0.1, -0.05) is 39.7 Å². The van der Waals surface area contributed by atoms with E-state index in [1.807, 2.05) is 24.3 Å². The first kappa shape index (κ1) is 10.5. The monoisotopic (exact) mass is 282 g/mol. The highest BCUT2D eigenvalue weighted by Gasteiger charge is 2.02. The highest BCUT2D eigenvalue weighted by molar-refractivity contribution is 9.10. The summed E-state index contributed by atoms with van der Waals surface area (Å²) in [6.45, 7) is 0. The Morgan fingerprint density at radius 2 is 1.87 bits per heavy atom. The molecular weight excluding hydrogens is 275 g/mol. The van der Waals surface area contributed by atoms with E-state index >= 15 is 0 Å². The predicted molar refractivity (Wildman–Crippen MR) is 66.8 cm³/mol. The minimum atomic E-state index is 0.482. The summed E-state index contributed by atoms with van der Waals surface area (Å²) >= 11 is 9.18. The molecule has 0 spiro atoms. The van der Waals surface area contributed by atoms with Gasteiger partial charge in [0.2, 0.25) is 0 Å². The van der Waals surface area contributed by atoms with E-state index in [4.69, 9.17) is 17.3 Å². The van der Waals surface area contributed by atoms with Gasteiger partial charge in [-0.25, -0.2) is 0 Å². The Morgan fingerprint density at radius 1 is 1.20 bits per heavy atom. The molecule has 0 fully saturated rings. The molecule has 2 aromatic rings. The first-order valence-corrected chi connectivity index (χ1v) is 5.51. The number of anilines is 1. The zero-order valence-corrected chi connectivity index (χ0v) is 10.1.